The van der Waals surface area contributed by atoms with Crippen molar-refractivity contribution in [3.05, 3.63) is 5.89 Å². The molecule has 0 aromatic carbocycles. The fourth-order valence-electron chi connectivity index (χ4n) is 1.99. The lowest BCUT2D eigenvalue weighted by Crippen LogP contribution is -2.44. The Balaban J connectivity index is 2.01. The molecule has 1 aliphatic heterocycles. The number of nitrogens with two attached hydrogens (primary N) is 1. The van der Waals surface area contributed by atoms with Crippen molar-refractivity contribution in [2.75, 3.05) is 38.1 Å². The van der Waals surface area contributed by atoms with E-state index in [1.165, 1.54) is 0 Å². The van der Waals surface area contributed by atoms with E-state index in [9.17, 15) is 0 Å². The molecule has 2 rings (SSSR count). The van der Waals surface area contributed by atoms with Crippen molar-refractivity contribution >= 4 is 5.95 Å². The maximum atomic E-state index is 6.09. The number of nitrogens with zero attached hydrogens (tertiary/aromatic N) is 4. The normalized spacial score (nSPS) is 21.0. The standard InChI is InChI=1S/C12H23N5O/c1-4-9(2)10(13)11-14-12(15-18-11)17-7-5-16(3)6-8-17/h9-10H,4-8,13H2,1-3H3. The summed E-state index contributed by atoms with van der Waals surface area (Å²) in [6.45, 7) is 8.15. The third kappa shape index (κ3) is 2.81. The van der Waals surface area contributed by atoms with Crippen LogP contribution >= 0.6 is 0 Å². The van der Waals surface area contributed by atoms with Gasteiger partial charge in [0.05, 0.1) is 6.04 Å². The van der Waals surface area contributed by atoms with Crippen molar-refractivity contribution in [2.45, 2.75) is 26.3 Å². The second-order valence-corrected chi connectivity index (χ2v) is 5.13. The Kier molecular flexibility index (Phi) is 4.19. The second kappa shape index (κ2) is 5.67. The summed E-state index contributed by atoms with van der Waals surface area (Å²) in [6.07, 6.45) is 1.01. The highest BCUT2D eigenvalue weighted by molar-refractivity contribution is 5.28. The van der Waals surface area contributed by atoms with Crippen molar-refractivity contribution in [1.29, 1.82) is 0 Å². The molecule has 2 heterocycles. The van der Waals surface area contributed by atoms with Crippen LogP contribution in [0.1, 0.15) is 32.2 Å². The maximum Gasteiger partial charge on any atom is 0.266 e. The van der Waals surface area contributed by atoms with Gasteiger partial charge < -0.3 is 20.1 Å². The fraction of sp³-hybridized carbons (Fsp3) is 0.833. The van der Waals surface area contributed by atoms with Crippen molar-refractivity contribution in [3.63, 3.8) is 0 Å². The first-order chi connectivity index (χ1) is 8.61. The predicted octanol–water partition coefficient (Wildman–Crippen LogP) is 0.867. The minimum absolute atomic E-state index is 0.163. The molecular formula is C12H23N5O. The monoisotopic (exact) mass is 253 g/mol. The largest absolute Gasteiger partial charge is 0.336 e. The minimum atomic E-state index is -0.163. The molecule has 1 saturated heterocycles. The van der Waals surface area contributed by atoms with Gasteiger partial charge in [0.1, 0.15) is 0 Å². The molecule has 18 heavy (non-hydrogen) atoms. The molecular weight excluding hydrogens is 230 g/mol. The maximum absolute atomic E-state index is 6.09. The van der Waals surface area contributed by atoms with Gasteiger partial charge in [-0.25, -0.2) is 0 Å². The second-order valence-electron chi connectivity index (χ2n) is 5.13. The fourth-order valence-corrected chi connectivity index (χ4v) is 1.99. The highest BCUT2D eigenvalue weighted by Crippen LogP contribution is 2.22. The van der Waals surface area contributed by atoms with Crippen molar-refractivity contribution in [1.82, 2.24) is 15.0 Å². The average Bonchev–Trinajstić information content (AvgIpc) is 2.87. The van der Waals surface area contributed by atoms with E-state index >= 15 is 0 Å². The van der Waals surface area contributed by atoms with Gasteiger partial charge in [-0.3, -0.25) is 0 Å². The summed E-state index contributed by atoms with van der Waals surface area (Å²) in [6, 6.07) is -0.163. The van der Waals surface area contributed by atoms with Crippen LogP contribution in [-0.4, -0.2) is 48.3 Å². The Morgan fingerprint density at radius 2 is 2.00 bits per heavy atom. The lowest BCUT2D eigenvalue weighted by molar-refractivity contribution is 0.302. The zero-order chi connectivity index (χ0) is 13.1. The molecule has 6 nitrogen and oxygen atoms in total. The number of piperazine rings is 1. The van der Waals surface area contributed by atoms with Crippen LogP contribution in [0.2, 0.25) is 0 Å². The zero-order valence-corrected chi connectivity index (χ0v) is 11.5. The summed E-state index contributed by atoms with van der Waals surface area (Å²) in [5.74, 6) is 1.58. The highest BCUT2D eigenvalue weighted by atomic mass is 16.5. The summed E-state index contributed by atoms with van der Waals surface area (Å²) in [5.41, 5.74) is 6.09. The van der Waals surface area contributed by atoms with Gasteiger partial charge in [-0.05, 0) is 18.1 Å². The van der Waals surface area contributed by atoms with E-state index in [4.69, 9.17) is 10.3 Å². The number of aromatic nitrogens is 2. The average molecular weight is 253 g/mol. The lowest BCUT2D eigenvalue weighted by Gasteiger charge is -2.31. The summed E-state index contributed by atoms with van der Waals surface area (Å²) in [4.78, 5) is 8.88. The van der Waals surface area contributed by atoms with Gasteiger partial charge in [-0.2, -0.15) is 4.98 Å². The van der Waals surface area contributed by atoms with E-state index in [1.54, 1.807) is 0 Å². The van der Waals surface area contributed by atoms with Crippen LogP contribution in [0.15, 0.2) is 4.52 Å². The van der Waals surface area contributed by atoms with Gasteiger partial charge in [-0.15, -0.1) is 0 Å². The van der Waals surface area contributed by atoms with Gasteiger partial charge in [-0.1, -0.05) is 20.3 Å². The van der Waals surface area contributed by atoms with E-state index in [2.05, 4.69) is 40.8 Å². The van der Waals surface area contributed by atoms with Crippen molar-refractivity contribution in [2.24, 2.45) is 11.7 Å². The summed E-state index contributed by atoms with van der Waals surface area (Å²) in [7, 11) is 2.12. The molecule has 1 aromatic rings. The number of likely N-dealkylation sites (N-methyl/N-ethyl adjacent to an activating group) is 1. The number of rotatable bonds is 4. The zero-order valence-electron chi connectivity index (χ0n) is 11.5. The van der Waals surface area contributed by atoms with Crippen LogP contribution in [0.5, 0.6) is 0 Å². The summed E-state index contributed by atoms with van der Waals surface area (Å²) in [5, 5.41) is 4.04. The highest BCUT2D eigenvalue weighted by Gasteiger charge is 2.23. The van der Waals surface area contributed by atoms with Crippen LogP contribution in [0.3, 0.4) is 0 Å². The molecule has 102 valence electrons. The third-order valence-electron chi connectivity index (χ3n) is 3.76. The van der Waals surface area contributed by atoms with E-state index < -0.39 is 0 Å². The molecule has 2 N–H and O–H groups in total. The Bertz CT molecular complexity index is 372. The third-order valence-corrected chi connectivity index (χ3v) is 3.76. The summed E-state index contributed by atoms with van der Waals surface area (Å²) < 4.78 is 5.29. The molecule has 0 amide bonds. The molecule has 2 atom stereocenters. The number of anilines is 1. The van der Waals surface area contributed by atoms with E-state index in [0.717, 1.165) is 32.6 Å². The SMILES string of the molecule is CCC(C)C(N)c1nc(N2CCN(C)CC2)no1. The van der Waals surface area contributed by atoms with Crippen LogP contribution in [0.4, 0.5) is 5.95 Å². The minimum Gasteiger partial charge on any atom is -0.336 e. The topological polar surface area (TPSA) is 71.4 Å². The molecule has 6 heteroatoms. The first-order valence-corrected chi connectivity index (χ1v) is 6.64. The van der Waals surface area contributed by atoms with Gasteiger partial charge >= 0.3 is 0 Å². The smallest absolute Gasteiger partial charge is 0.266 e. The van der Waals surface area contributed by atoms with E-state index in [1.807, 2.05) is 0 Å². The Labute approximate surface area is 108 Å². The molecule has 1 aliphatic rings. The van der Waals surface area contributed by atoms with Gasteiger partial charge in [0.2, 0.25) is 5.89 Å². The van der Waals surface area contributed by atoms with E-state index in [0.29, 0.717) is 17.8 Å². The van der Waals surface area contributed by atoms with Crippen molar-refractivity contribution < 1.29 is 4.52 Å². The molecule has 0 spiro atoms. The Hall–Kier alpha value is -1.14. The van der Waals surface area contributed by atoms with Crippen molar-refractivity contribution in [3.8, 4) is 0 Å². The number of hydrogen-bond acceptors (Lipinski definition) is 6. The molecule has 0 radical (unpaired) electrons. The summed E-state index contributed by atoms with van der Waals surface area (Å²) >= 11 is 0. The first kappa shape index (κ1) is 13.3. The molecule has 1 aromatic heterocycles. The Morgan fingerprint density at radius 3 is 2.61 bits per heavy atom. The van der Waals surface area contributed by atoms with Gasteiger partial charge in [0, 0.05) is 26.2 Å². The lowest BCUT2D eigenvalue weighted by atomic mass is 10.0. The van der Waals surface area contributed by atoms with Gasteiger partial charge in [0.25, 0.3) is 5.95 Å². The van der Waals surface area contributed by atoms with Crippen LogP contribution < -0.4 is 10.6 Å². The molecule has 0 saturated carbocycles. The van der Waals surface area contributed by atoms with E-state index in [-0.39, 0.29) is 6.04 Å². The molecule has 0 aliphatic carbocycles. The van der Waals surface area contributed by atoms with Gasteiger partial charge in [0.15, 0.2) is 0 Å². The van der Waals surface area contributed by atoms with Crippen LogP contribution in [0.25, 0.3) is 0 Å². The number of hydrogen-bond donors (Lipinski definition) is 1. The quantitative estimate of drug-likeness (QED) is 0.858. The Morgan fingerprint density at radius 1 is 1.33 bits per heavy atom. The first-order valence-electron chi connectivity index (χ1n) is 6.64. The van der Waals surface area contributed by atoms with Crippen LogP contribution in [0, 0.1) is 5.92 Å². The molecule has 2 unspecified atom stereocenters. The van der Waals surface area contributed by atoms with Crippen LogP contribution in [-0.2, 0) is 0 Å². The molecule has 0 bridgehead atoms. The predicted molar refractivity (Wildman–Crippen MR) is 70.4 cm³/mol. The molecule has 1 fully saturated rings.